The number of halogens is 1. The van der Waals surface area contributed by atoms with Crippen molar-refractivity contribution in [3.8, 4) is 11.5 Å². The smallest absolute Gasteiger partial charge is 0.340 e. The first-order valence-electron chi connectivity index (χ1n) is 8.70. The molecule has 1 fully saturated rings. The van der Waals surface area contributed by atoms with Gasteiger partial charge in [0, 0.05) is 17.1 Å². The van der Waals surface area contributed by atoms with Crippen LogP contribution in [0.4, 0.5) is 10.5 Å². The molecule has 0 aliphatic carbocycles. The van der Waals surface area contributed by atoms with E-state index in [4.69, 9.17) is 21.1 Å². The number of imide groups is 2. The van der Waals surface area contributed by atoms with Crippen molar-refractivity contribution in [3.63, 3.8) is 0 Å². The number of carbonyl (C=O) groups is 3. The Hall–Kier alpha value is -3.10. The molecule has 0 N–H and O–H groups in total. The van der Waals surface area contributed by atoms with Crippen LogP contribution in [0.5, 0.6) is 11.5 Å². The van der Waals surface area contributed by atoms with Crippen molar-refractivity contribution in [2.75, 3.05) is 32.8 Å². The van der Waals surface area contributed by atoms with Crippen molar-refractivity contribution in [1.82, 2.24) is 9.80 Å². The number of carbonyl (C=O) groups excluding carboxylic acids is 3. The van der Waals surface area contributed by atoms with Gasteiger partial charge in [0.2, 0.25) is 0 Å². The molecule has 1 aliphatic heterocycles. The molecular weight excluding hydrogens is 398 g/mol. The first-order chi connectivity index (χ1) is 13.8. The number of amides is 4. The van der Waals surface area contributed by atoms with Crippen LogP contribution in [0.2, 0.25) is 5.02 Å². The van der Waals surface area contributed by atoms with Gasteiger partial charge in [0.1, 0.15) is 11.5 Å². The molecule has 4 amide bonds. The summed E-state index contributed by atoms with van der Waals surface area (Å²) in [6.07, 6.45) is 0. The Morgan fingerprint density at radius 1 is 0.966 bits per heavy atom. The predicted octanol–water partition coefficient (Wildman–Crippen LogP) is 2.74. The second kappa shape index (κ2) is 8.50. The van der Waals surface area contributed by atoms with Gasteiger partial charge in [-0.1, -0.05) is 11.6 Å². The quantitative estimate of drug-likeness (QED) is 0.509. The lowest BCUT2D eigenvalue weighted by atomic mass is 10.2. The standard InChI is InChI=1S/C20H20ClN3O5/c1-22(11-13-10-14(21)4-9-17(13)29-3)12-23-18(25)19(26)24(20(23)27)15-5-7-16(28-2)8-6-15/h4-10H,11-12H2,1-3H3. The Labute approximate surface area is 173 Å². The maximum absolute atomic E-state index is 12.8. The zero-order chi connectivity index (χ0) is 21.1. The molecule has 8 nitrogen and oxygen atoms in total. The van der Waals surface area contributed by atoms with Crippen molar-refractivity contribution < 1.29 is 23.9 Å². The van der Waals surface area contributed by atoms with Crippen LogP contribution in [0, 0.1) is 0 Å². The van der Waals surface area contributed by atoms with Gasteiger partial charge in [0.25, 0.3) is 0 Å². The summed E-state index contributed by atoms with van der Waals surface area (Å²) in [5.74, 6) is -0.563. The van der Waals surface area contributed by atoms with Gasteiger partial charge in [-0.15, -0.1) is 0 Å². The average molecular weight is 418 g/mol. The number of ether oxygens (including phenoxy) is 2. The fraction of sp³-hybridized carbons (Fsp3) is 0.250. The van der Waals surface area contributed by atoms with Gasteiger partial charge in [-0.25, -0.2) is 14.6 Å². The van der Waals surface area contributed by atoms with Crippen molar-refractivity contribution in [2.24, 2.45) is 0 Å². The summed E-state index contributed by atoms with van der Waals surface area (Å²) in [6, 6.07) is 10.8. The van der Waals surface area contributed by atoms with E-state index in [9.17, 15) is 14.4 Å². The minimum atomic E-state index is -0.895. The maximum atomic E-state index is 12.8. The molecular formula is C20H20ClN3O5. The SMILES string of the molecule is COc1ccc(N2C(=O)C(=O)N(CN(C)Cc3cc(Cl)ccc3OC)C2=O)cc1. The highest BCUT2D eigenvalue weighted by atomic mass is 35.5. The molecule has 0 unspecified atom stereocenters. The Morgan fingerprint density at radius 3 is 2.28 bits per heavy atom. The number of methoxy groups -OCH3 is 2. The normalized spacial score (nSPS) is 14.2. The number of rotatable bonds is 7. The fourth-order valence-electron chi connectivity index (χ4n) is 3.04. The van der Waals surface area contributed by atoms with Gasteiger partial charge in [0.15, 0.2) is 0 Å². The summed E-state index contributed by atoms with van der Waals surface area (Å²) in [7, 11) is 4.78. The van der Waals surface area contributed by atoms with Crippen molar-refractivity contribution in [1.29, 1.82) is 0 Å². The summed E-state index contributed by atoms with van der Waals surface area (Å²) in [5, 5.41) is 0.545. The molecule has 3 rings (SSSR count). The lowest BCUT2D eigenvalue weighted by Crippen LogP contribution is -2.40. The van der Waals surface area contributed by atoms with Gasteiger partial charge in [-0.3, -0.25) is 14.5 Å². The van der Waals surface area contributed by atoms with Crippen LogP contribution >= 0.6 is 11.6 Å². The molecule has 9 heteroatoms. The van der Waals surface area contributed by atoms with Crippen LogP contribution in [0.15, 0.2) is 42.5 Å². The zero-order valence-electron chi connectivity index (χ0n) is 16.2. The van der Waals surface area contributed by atoms with Crippen LogP contribution in [0.25, 0.3) is 0 Å². The Balaban J connectivity index is 1.75. The third kappa shape index (κ3) is 4.18. The van der Waals surface area contributed by atoms with Crippen molar-refractivity contribution in [3.05, 3.63) is 53.1 Å². The van der Waals surface area contributed by atoms with Crippen molar-refractivity contribution >= 4 is 35.1 Å². The number of hydrogen-bond donors (Lipinski definition) is 0. The van der Waals surface area contributed by atoms with Crippen LogP contribution in [-0.2, 0) is 16.1 Å². The molecule has 0 aromatic heterocycles. The van der Waals surface area contributed by atoms with Crippen molar-refractivity contribution in [2.45, 2.75) is 6.54 Å². The van der Waals surface area contributed by atoms with Gasteiger partial charge in [-0.2, -0.15) is 0 Å². The van der Waals surface area contributed by atoms with E-state index < -0.39 is 17.8 Å². The molecule has 1 heterocycles. The molecule has 1 saturated heterocycles. The Kier molecular flexibility index (Phi) is 6.05. The number of hydrogen-bond acceptors (Lipinski definition) is 6. The Morgan fingerprint density at radius 2 is 1.66 bits per heavy atom. The van der Waals surface area contributed by atoms with E-state index in [1.165, 1.54) is 7.11 Å². The summed E-state index contributed by atoms with van der Waals surface area (Å²) in [5.41, 5.74) is 1.09. The highest BCUT2D eigenvalue weighted by Gasteiger charge is 2.45. The van der Waals surface area contributed by atoms with Crippen LogP contribution in [0.3, 0.4) is 0 Å². The number of benzene rings is 2. The minimum absolute atomic E-state index is 0.0638. The highest BCUT2D eigenvalue weighted by Crippen LogP contribution is 2.26. The van der Waals surface area contributed by atoms with Gasteiger partial charge >= 0.3 is 17.8 Å². The summed E-state index contributed by atoms with van der Waals surface area (Å²) in [4.78, 5) is 41.0. The largest absolute Gasteiger partial charge is 0.497 e. The molecule has 2 aromatic rings. The van der Waals surface area contributed by atoms with Gasteiger partial charge in [-0.05, 0) is 49.5 Å². The molecule has 0 radical (unpaired) electrons. The second-order valence-electron chi connectivity index (χ2n) is 6.47. The summed E-state index contributed by atoms with van der Waals surface area (Å²) >= 11 is 6.05. The lowest BCUT2D eigenvalue weighted by Gasteiger charge is -2.23. The topological polar surface area (TPSA) is 79.4 Å². The molecule has 0 atom stereocenters. The van der Waals surface area contributed by atoms with Crippen LogP contribution in [-0.4, -0.2) is 55.6 Å². The molecule has 0 bridgehead atoms. The summed E-state index contributed by atoms with van der Waals surface area (Å²) < 4.78 is 10.4. The third-order valence-electron chi connectivity index (χ3n) is 4.45. The van der Waals surface area contributed by atoms with Crippen LogP contribution < -0.4 is 14.4 Å². The molecule has 29 heavy (non-hydrogen) atoms. The molecule has 2 aromatic carbocycles. The lowest BCUT2D eigenvalue weighted by molar-refractivity contribution is -0.140. The highest BCUT2D eigenvalue weighted by molar-refractivity contribution is 6.52. The number of anilines is 1. The third-order valence-corrected chi connectivity index (χ3v) is 4.68. The molecule has 0 spiro atoms. The maximum Gasteiger partial charge on any atom is 0.340 e. The van der Waals surface area contributed by atoms with E-state index in [1.807, 2.05) is 0 Å². The second-order valence-corrected chi connectivity index (χ2v) is 6.90. The fourth-order valence-corrected chi connectivity index (χ4v) is 3.24. The predicted molar refractivity (Wildman–Crippen MR) is 107 cm³/mol. The first kappa shape index (κ1) is 20.6. The van der Waals surface area contributed by atoms with Crippen LogP contribution in [0.1, 0.15) is 5.56 Å². The monoisotopic (exact) mass is 417 g/mol. The van der Waals surface area contributed by atoms with E-state index in [-0.39, 0.29) is 6.67 Å². The minimum Gasteiger partial charge on any atom is -0.497 e. The number of nitrogens with zero attached hydrogens (tertiary/aromatic N) is 3. The number of urea groups is 1. The molecule has 0 saturated carbocycles. The zero-order valence-corrected chi connectivity index (χ0v) is 17.0. The van der Waals surface area contributed by atoms with E-state index >= 15 is 0 Å². The summed E-state index contributed by atoms with van der Waals surface area (Å²) in [6.45, 7) is 0.295. The van der Waals surface area contributed by atoms with E-state index in [1.54, 1.807) is 61.5 Å². The first-order valence-corrected chi connectivity index (χ1v) is 9.08. The molecule has 1 aliphatic rings. The van der Waals surface area contributed by atoms with E-state index in [0.29, 0.717) is 28.8 Å². The average Bonchev–Trinajstić information content (AvgIpc) is 2.91. The molecule has 152 valence electrons. The Bertz CT molecular complexity index is 948. The van der Waals surface area contributed by atoms with E-state index in [0.717, 1.165) is 15.4 Å². The van der Waals surface area contributed by atoms with Gasteiger partial charge in [0.05, 0.1) is 26.6 Å². The van der Waals surface area contributed by atoms with Gasteiger partial charge < -0.3 is 9.47 Å². The van der Waals surface area contributed by atoms with E-state index in [2.05, 4.69) is 0 Å².